The Kier molecular flexibility index (Phi) is 6.10. The third-order valence-corrected chi connectivity index (χ3v) is 4.22. The molecule has 0 bridgehead atoms. The van der Waals surface area contributed by atoms with E-state index in [1.807, 2.05) is 6.07 Å². The van der Waals surface area contributed by atoms with Gasteiger partial charge in [-0.1, -0.05) is 0 Å². The highest BCUT2D eigenvalue weighted by molar-refractivity contribution is 7.89. The van der Waals surface area contributed by atoms with Gasteiger partial charge in [-0.3, -0.25) is 0 Å². The second kappa shape index (κ2) is 7.36. The fourth-order valence-corrected chi connectivity index (χ4v) is 2.78. The maximum absolute atomic E-state index is 12.0. The minimum absolute atomic E-state index is 0.107. The van der Waals surface area contributed by atoms with Gasteiger partial charge in [-0.15, -0.1) is 0 Å². The molecule has 0 fully saturated rings. The van der Waals surface area contributed by atoms with Crippen molar-refractivity contribution < 1.29 is 18.3 Å². The lowest BCUT2D eigenvalue weighted by molar-refractivity contribution is 0.0603. The second-order valence-corrected chi connectivity index (χ2v) is 6.15. The molecular formula is C13H18N2O4S. The number of nitrogens with one attached hydrogen (secondary N) is 1. The van der Waals surface area contributed by atoms with E-state index in [-0.39, 0.29) is 24.5 Å². The third kappa shape index (κ3) is 4.58. The normalized spacial score (nSPS) is 12.9. The molecule has 20 heavy (non-hydrogen) atoms. The van der Waals surface area contributed by atoms with Crippen LogP contribution in [0.2, 0.25) is 0 Å². The zero-order chi connectivity index (χ0) is 15.2. The number of nitriles is 1. The molecule has 0 aliphatic rings. The van der Waals surface area contributed by atoms with Gasteiger partial charge >= 0.3 is 0 Å². The quantitative estimate of drug-likeness (QED) is 0.765. The smallest absolute Gasteiger partial charge is 0.240 e. The zero-order valence-electron chi connectivity index (χ0n) is 11.5. The van der Waals surface area contributed by atoms with E-state index in [1.165, 1.54) is 25.3 Å². The first-order valence-electron chi connectivity index (χ1n) is 6.08. The van der Waals surface area contributed by atoms with E-state index in [9.17, 15) is 13.5 Å². The summed E-state index contributed by atoms with van der Waals surface area (Å²) >= 11 is 0. The Morgan fingerprint density at radius 3 is 2.75 bits per heavy atom. The van der Waals surface area contributed by atoms with Crippen molar-refractivity contribution >= 4 is 10.0 Å². The van der Waals surface area contributed by atoms with Crippen LogP contribution in [0.4, 0.5) is 0 Å². The summed E-state index contributed by atoms with van der Waals surface area (Å²) in [5.74, 6) is 0. The van der Waals surface area contributed by atoms with Crippen LogP contribution >= 0.6 is 0 Å². The number of aliphatic hydroxyl groups excluding tert-OH is 1. The van der Waals surface area contributed by atoms with Crippen LogP contribution in [0.3, 0.4) is 0 Å². The second-order valence-electron chi connectivity index (χ2n) is 4.38. The van der Waals surface area contributed by atoms with Crippen LogP contribution in [0, 0.1) is 18.3 Å². The Labute approximate surface area is 119 Å². The predicted octanol–water partition coefficient (Wildman–Crippen LogP) is 0.542. The molecular weight excluding hydrogens is 280 g/mol. The molecule has 0 amide bonds. The summed E-state index contributed by atoms with van der Waals surface area (Å²) in [7, 11) is -2.16. The van der Waals surface area contributed by atoms with E-state index >= 15 is 0 Å². The van der Waals surface area contributed by atoms with Crippen molar-refractivity contribution in [2.24, 2.45) is 0 Å². The molecule has 1 rings (SSSR count). The molecule has 0 radical (unpaired) electrons. The number of sulfonamides is 1. The zero-order valence-corrected chi connectivity index (χ0v) is 12.3. The van der Waals surface area contributed by atoms with Crippen molar-refractivity contribution in [2.75, 3.05) is 20.3 Å². The number of ether oxygens (including phenoxy) is 1. The van der Waals surface area contributed by atoms with E-state index in [4.69, 9.17) is 10.00 Å². The van der Waals surface area contributed by atoms with E-state index in [0.717, 1.165) is 0 Å². The summed E-state index contributed by atoms with van der Waals surface area (Å²) in [6, 6.07) is 6.30. The van der Waals surface area contributed by atoms with Gasteiger partial charge in [0.1, 0.15) is 0 Å². The van der Waals surface area contributed by atoms with Crippen LogP contribution in [-0.2, 0) is 14.8 Å². The number of nitrogens with zero attached hydrogens (tertiary/aromatic N) is 1. The van der Waals surface area contributed by atoms with Crippen LogP contribution in [0.15, 0.2) is 23.1 Å². The van der Waals surface area contributed by atoms with E-state index in [2.05, 4.69) is 4.72 Å². The van der Waals surface area contributed by atoms with Crippen molar-refractivity contribution in [3.05, 3.63) is 29.3 Å². The molecule has 1 unspecified atom stereocenters. The lowest BCUT2D eigenvalue weighted by atomic mass is 10.1. The highest BCUT2D eigenvalue weighted by Gasteiger charge is 2.15. The standard InChI is InChI=1S/C13H18N2O4S/c1-10-7-13(4-3-11(10)8-14)20(17,18)15-6-5-12(16)9-19-2/h3-4,7,12,15-16H,5-6,9H2,1-2H3. The van der Waals surface area contributed by atoms with Crippen LogP contribution in [0.1, 0.15) is 17.5 Å². The molecule has 0 saturated carbocycles. The molecule has 0 aliphatic carbocycles. The first kappa shape index (κ1) is 16.6. The van der Waals surface area contributed by atoms with E-state index in [1.54, 1.807) is 6.92 Å². The molecule has 110 valence electrons. The SMILES string of the molecule is COCC(O)CCNS(=O)(=O)c1ccc(C#N)c(C)c1. The highest BCUT2D eigenvalue weighted by Crippen LogP contribution is 2.14. The van der Waals surface area contributed by atoms with Gasteiger partial charge in [0.15, 0.2) is 0 Å². The van der Waals surface area contributed by atoms with E-state index in [0.29, 0.717) is 11.1 Å². The molecule has 0 saturated heterocycles. The van der Waals surface area contributed by atoms with Gasteiger partial charge in [-0.25, -0.2) is 13.1 Å². The van der Waals surface area contributed by atoms with Crippen LogP contribution in [0.25, 0.3) is 0 Å². The van der Waals surface area contributed by atoms with Gasteiger partial charge in [-0.05, 0) is 37.1 Å². The maximum Gasteiger partial charge on any atom is 0.240 e. The van der Waals surface area contributed by atoms with Crippen molar-refractivity contribution in [1.82, 2.24) is 4.72 Å². The van der Waals surface area contributed by atoms with Gasteiger partial charge in [0.05, 0.1) is 29.2 Å². The van der Waals surface area contributed by atoms with Crippen LogP contribution < -0.4 is 4.72 Å². The Hall–Kier alpha value is -1.46. The number of benzene rings is 1. The molecule has 0 heterocycles. The number of aliphatic hydroxyl groups is 1. The monoisotopic (exact) mass is 298 g/mol. The minimum atomic E-state index is -3.63. The maximum atomic E-state index is 12.0. The van der Waals surface area contributed by atoms with Gasteiger partial charge in [0.25, 0.3) is 0 Å². The van der Waals surface area contributed by atoms with Gasteiger partial charge < -0.3 is 9.84 Å². The van der Waals surface area contributed by atoms with Gasteiger partial charge in [0.2, 0.25) is 10.0 Å². The molecule has 2 N–H and O–H groups in total. The fourth-order valence-electron chi connectivity index (χ4n) is 1.65. The number of methoxy groups -OCH3 is 1. The average molecular weight is 298 g/mol. The first-order chi connectivity index (χ1) is 9.40. The van der Waals surface area contributed by atoms with Crippen LogP contribution in [-0.4, -0.2) is 39.9 Å². The average Bonchev–Trinajstić information content (AvgIpc) is 2.38. The lowest BCUT2D eigenvalue weighted by Gasteiger charge is -2.11. The largest absolute Gasteiger partial charge is 0.391 e. The number of aryl methyl sites for hydroxylation is 1. The van der Waals surface area contributed by atoms with Gasteiger partial charge in [0, 0.05) is 13.7 Å². The Bertz CT molecular complexity index is 593. The summed E-state index contributed by atoms with van der Waals surface area (Å²) in [5, 5.41) is 18.2. The molecule has 0 aromatic heterocycles. The Morgan fingerprint density at radius 1 is 1.50 bits per heavy atom. The summed E-state index contributed by atoms with van der Waals surface area (Å²) in [6.45, 7) is 1.96. The molecule has 0 spiro atoms. The third-order valence-electron chi connectivity index (χ3n) is 2.76. The summed E-state index contributed by atoms with van der Waals surface area (Å²) < 4.78 is 31.2. The molecule has 1 aromatic carbocycles. The van der Waals surface area contributed by atoms with Crippen molar-refractivity contribution in [2.45, 2.75) is 24.3 Å². The molecule has 1 atom stereocenters. The van der Waals surface area contributed by atoms with Crippen LogP contribution in [0.5, 0.6) is 0 Å². The van der Waals surface area contributed by atoms with E-state index < -0.39 is 16.1 Å². The lowest BCUT2D eigenvalue weighted by Crippen LogP contribution is -2.28. The van der Waals surface area contributed by atoms with Gasteiger partial charge in [-0.2, -0.15) is 5.26 Å². The number of hydrogen-bond acceptors (Lipinski definition) is 5. The summed E-state index contributed by atoms with van der Waals surface area (Å²) in [4.78, 5) is 0.107. The molecule has 6 nitrogen and oxygen atoms in total. The number of hydrogen-bond donors (Lipinski definition) is 2. The molecule has 0 aliphatic heterocycles. The topological polar surface area (TPSA) is 99.4 Å². The summed E-state index contributed by atoms with van der Waals surface area (Å²) in [6.07, 6.45) is -0.437. The van der Waals surface area contributed by atoms with Crippen molar-refractivity contribution in [3.8, 4) is 6.07 Å². The Balaban J connectivity index is 2.70. The van der Waals surface area contributed by atoms with Crippen molar-refractivity contribution in [1.29, 1.82) is 5.26 Å². The number of rotatable bonds is 7. The van der Waals surface area contributed by atoms with Crippen molar-refractivity contribution in [3.63, 3.8) is 0 Å². The molecule has 7 heteroatoms. The predicted molar refractivity (Wildman–Crippen MR) is 73.6 cm³/mol. The highest BCUT2D eigenvalue weighted by atomic mass is 32.2. The minimum Gasteiger partial charge on any atom is -0.391 e. The summed E-state index contributed by atoms with van der Waals surface area (Å²) in [5.41, 5.74) is 1.05. The molecule has 1 aromatic rings. The fraction of sp³-hybridized carbons (Fsp3) is 0.462. The Morgan fingerprint density at radius 2 is 2.20 bits per heavy atom. The first-order valence-corrected chi connectivity index (χ1v) is 7.56.